The van der Waals surface area contributed by atoms with Gasteiger partial charge in [-0.05, 0) is 12.1 Å². The Bertz CT molecular complexity index is 540. The Morgan fingerprint density at radius 3 is 2.68 bits per heavy atom. The number of terminal acetylenes is 1. The minimum Gasteiger partial charge on any atom is -0.480 e. The standard InChI is InChI=1S/C12H10F2N2O3/c1-2-5-16(7-11(17)18)12(19)15-10-6-8(13)3-4-9(10)14/h1,3-4,6H,5,7H2,(H,15,19)(H,17,18). The number of nitrogens with zero attached hydrogens (tertiary/aromatic N) is 1. The number of hydrogen-bond donors (Lipinski definition) is 2. The number of benzene rings is 1. The van der Waals surface area contributed by atoms with Crippen LogP contribution in [0.15, 0.2) is 18.2 Å². The van der Waals surface area contributed by atoms with Crippen molar-refractivity contribution in [3.8, 4) is 12.3 Å². The number of amides is 2. The molecule has 0 fully saturated rings. The highest BCUT2D eigenvalue weighted by atomic mass is 19.1. The molecule has 2 amide bonds. The zero-order valence-corrected chi connectivity index (χ0v) is 9.69. The molecular weight excluding hydrogens is 258 g/mol. The topological polar surface area (TPSA) is 69.6 Å². The zero-order chi connectivity index (χ0) is 14.4. The highest BCUT2D eigenvalue weighted by molar-refractivity contribution is 5.91. The zero-order valence-electron chi connectivity index (χ0n) is 9.69. The van der Waals surface area contributed by atoms with Crippen LogP contribution in [0.25, 0.3) is 0 Å². The minimum atomic E-state index is -1.27. The van der Waals surface area contributed by atoms with E-state index in [9.17, 15) is 18.4 Å². The number of hydrogen-bond acceptors (Lipinski definition) is 2. The molecule has 19 heavy (non-hydrogen) atoms. The maximum atomic E-state index is 13.3. The van der Waals surface area contributed by atoms with Gasteiger partial charge in [-0.3, -0.25) is 4.79 Å². The number of carboxylic acids is 1. The van der Waals surface area contributed by atoms with Crippen LogP contribution in [0.4, 0.5) is 19.3 Å². The molecule has 0 aromatic heterocycles. The van der Waals surface area contributed by atoms with E-state index < -0.39 is 35.9 Å². The van der Waals surface area contributed by atoms with Gasteiger partial charge in [0.25, 0.3) is 0 Å². The number of carboxylic acid groups (broad SMARTS) is 1. The number of carbonyl (C=O) groups is 2. The quantitative estimate of drug-likeness (QED) is 0.813. The first-order chi connectivity index (χ1) is 8.93. The molecule has 0 unspecified atom stereocenters. The lowest BCUT2D eigenvalue weighted by Gasteiger charge is -2.18. The van der Waals surface area contributed by atoms with Crippen LogP contribution in [0.1, 0.15) is 0 Å². The van der Waals surface area contributed by atoms with Crippen LogP contribution in [-0.2, 0) is 4.79 Å². The number of rotatable bonds is 4. The summed E-state index contributed by atoms with van der Waals surface area (Å²) in [5, 5.41) is 10.7. The van der Waals surface area contributed by atoms with E-state index in [-0.39, 0.29) is 6.54 Å². The van der Waals surface area contributed by atoms with Crippen LogP contribution >= 0.6 is 0 Å². The van der Waals surface area contributed by atoms with Crippen LogP contribution in [0, 0.1) is 24.0 Å². The number of halogens is 2. The molecule has 5 nitrogen and oxygen atoms in total. The van der Waals surface area contributed by atoms with Gasteiger partial charge in [-0.1, -0.05) is 5.92 Å². The molecule has 0 aliphatic carbocycles. The van der Waals surface area contributed by atoms with Gasteiger partial charge in [0, 0.05) is 6.07 Å². The highest BCUT2D eigenvalue weighted by Gasteiger charge is 2.17. The van der Waals surface area contributed by atoms with Gasteiger partial charge in [-0.2, -0.15) is 0 Å². The summed E-state index contributed by atoms with van der Waals surface area (Å²) in [5.74, 6) is -0.753. The smallest absolute Gasteiger partial charge is 0.323 e. The van der Waals surface area contributed by atoms with Crippen LogP contribution in [0.3, 0.4) is 0 Å². The monoisotopic (exact) mass is 268 g/mol. The Morgan fingerprint density at radius 1 is 1.42 bits per heavy atom. The van der Waals surface area contributed by atoms with Crippen LogP contribution in [-0.4, -0.2) is 35.1 Å². The maximum Gasteiger partial charge on any atom is 0.323 e. The molecule has 0 saturated heterocycles. The summed E-state index contributed by atoms with van der Waals surface area (Å²) in [6.07, 6.45) is 4.99. The molecular formula is C12H10F2N2O3. The molecule has 0 atom stereocenters. The Kier molecular flexibility index (Phi) is 4.83. The van der Waals surface area contributed by atoms with Crippen molar-refractivity contribution in [3.05, 3.63) is 29.8 Å². The third kappa shape index (κ3) is 4.27. The van der Waals surface area contributed by atoms with Crippen molar-refractivity contribution >= 4 is 17.7 Å². The van der Waals surface area contributed by atoms with Gasteiger partial charge in [0.1, 0.15) is 18.2 Å². The van der Waals surface area contributed by atoms with Crippen LogP contribution in [0.2, 0.25) is 0 Å². The summed E-state index contributed by atoms with van der Waals surface area (Å²) in [4.78, 5) is 23.0. The van der Waals surface area contributed by atoms with E-state index in [2.05, 4.69) is 11.2 Å². The fraction of sp³-hybridized carbons (Fsp3) is 0.167. The van der Waals surface area contributed by atoms with Gasteiger partial charge in [0.15, 0.2) is 0 Å². The van der Waals surface area contributed by atoms with Gasteiger partial charge in [-0.15, -0.1) is 6.42 Å². The summed E-state index contributed by atoms with van der Waals surface area (Å²) < 4.78 is 26.2. The molecule has 100 valence electrons. The fourth-order valence-corrected chi connectivity index (χ4v) is 1.26. The molecule has 0 saturated carbocycles. The van der Waals surface area contributed by atoms with Crippen molar-refractivity contribution in [1.29, 1.82) is 0 Å². The van der Waals surface area contributed by atoms with E-state index in [0.29, 0.717) is 0 Å². The molecule has 0 heterocycles. The van der Waals surface area contributed by atoms with E-state index >= 15 is 0 Å². The van der Waals surface area contributed by atoms with Gasteiger partial charge in [0.2, 0.25) is 0 Å². The third-order valence-corrected chi connectivity index (χ3v) is 2.07. The van der Waals surface area contributed by atoms with Crippen molar-refractivity contribution in [2.75, 3.05) is 18.4 Å². The lowest BCUT2D eigenvalue weighted by atomic mass is 10.3. The number of anilines is 1. The summed E-state index contributed by atoms with van der Waals surface area (Å²) in [6.45, 7) is -0.915. The Balaban J connectivity index is 2.84. The van der Waals surface area contributed by atoms with Crippen molar-refractivity contribution in [2.24, 2.45) is 0 Å². The Morgan fingerprint density at radius 2 is 2.11 bits per heavy atom. The average molecular weight is 268 g/mol. The van der Waals surface area contributed by atoms with E-state index in [4.69, 9.17) is 11.5 Å². The molecule has 0 bridgehead atoms. The summed E-state index contributed by atoms with van der Waals surface area (Å²) in [6, 6.07) is 1.59. The van der Waals surface area contributed by atoms with Gasteiger partial charge < -0.3 is 15.3 Å². The van der Waals surface area contributed by atoms with Gasteiger partial charge in [-0.25, -0.2) is 13.6 Å². The minimum absolute atomic E-state index is 0.269. The molecule has 0 aliphatic rings. The number of aliphatic carboxylic acids is 1. The third-order valence-electron chi connectivity index (χ3n) is 2.07. The predicted octanol–water partition coefficient (Wildman–Crippen LogP) is 1.52. The first kappa shape index (κ1) is 14.4. The number of nitrogens with one attached hydrogen (secondary N) is 1. The summed E-state index contributed by atoms with van der Waals surface area (Å²) >= 11 is 0. The molecule has 0 radical (unpaired) electrons. The number of urea groups is 1. The van der Waals surface area contributed by atoms with E-state index in [1.54, 1.807) is 0 Å². The van der Waals surface area contributed by atoms with Crippen LogP contribution in [0.5, 0.6) is 0 Å². The van der Waals surface area contributed by atoms with Crippen molar-refractivity contribution in [2.45, 2.75) is 0 Å². The van der Waals surface area contributed by atoms with Gasteiger partial charge in [0.05, 0.1) is 12.2 Å². The largest absolute Gasteiger partial charge is 0.480 e. The van der Waals surface area contributed by atoms with Gasteiger partial charge >= 0.3 is 12.0 Å². The first-order valence-electron chi connectivity index (χ1n) is 5.10. The lowest BCUT2D eigenvalue weighted by molar-refractivity contribution is -0.137. The molecule has 2 N–H and O–H groups in total. The molecule has 1 aromatic carbocycles. The number of carbonyl (C=O) groups excluding carboxylic acids is 1. The van der Waals surface area contributed by atoms with Crippen molar-refractivity contribution in [3.63, 3.8) is 0 Å². The van der Waals surface area contributed by atoms with Crippen LogP contribution < -0.4 is 5.32 Å². The maximum absolute atomic E-state index is 13.3. The van der Waals surface area contributed by atoms with Crippen molar-refractivity contribution < 1.29 is 23.5 Å². The fourth-order valence-electron chi connectivity index (χ4n) is 1.26. The van der Waals surface area contributed by atoms with Crippen molar-refractivity contribution in [1.82, 2.24) is 4.90 Å². The lowest BCUT2D eigenvalue weighted by Crippen LogP contribution is -2.39. The summed E-state index contributed by atoms with van der Waals surface area (Å²) in [7, 11) is 0. The molecule has 0 spiro atoms. The summed E-state index contributed by atoms with van der Waals surface area (Å²) in [5.41, 5.74) is -0.391. The van der Waals surface area contributed by atoms with E-state index in [1.165, 1.54) is 0 Å². The second-order valence-corrected chi connectivity index (χ2v) is 3.51. The normalized spacial score (nSPS) is 9.53. The molecule has 1 rings (SSSR count). The second kappa shape index (κ2) is 6.35. The Hall–Kier alpha value is -2.62. The van der Waals surface area contributed by atoms with E-state index in [0.717, 1.165) is 23.1 Å². The SMILES string of the molecule is C#CCN(CC(=O)O)C(=O)Nc1cc(F)ccc1F. The highest BCUT2D eigenvalue weighted by Crippen LogP contribution is 2.15. The average Bonchev–Trinajstić information content (AvgIpc) is 2.32. The Labute approximate surface area is 107 Å². The molecule has 1 aromatic rings. The second-order valence-electron chi connectivity index (χ2n) is 3.51. The van der Waals surface area contributed by atoms with E-state index in [1.807, 2.05) is 0 Å². The first-order valence-corrected chi connectivity index (χ1v) is 5.10. The predicted molar refractivity (Wildman–Crippen MR) is 63.4 cm³/mol. The molecule has 7 heteroatoms. The molecule has 0 aliphatic heterocycles.